The number of H-pyrrole nitrogens is 1. The fraction of sp³-hybridized carbons (Fsp3) is 0. The second-order valence-electron chi connectivity index (χ2n) is 5.62. The molecule has 3 nitrogen and oxygen atoms in total. The van der Waals surface area contributed by atoms with E-state index in [1.807, 2.05) is 84.9 Å². The highest BCUT2D eigenvalue weighted by Gasteiger charge is 2.05. The maximum Gasteiger partial charge on any atom is 0.129 e. The van der Waals surface area contributed by atoms with Crippen molar-refractivity contribution in [2.45, 2.75) is 0 Å². The maximum atomic E-state index is 5.91. The minimum Gasteiger partial charge on any atom is -0.457 e. The average Bonchev–Trinajstić information content (AvgIpc) is 3.04. The van der Waals surface area contributed by atoms with E-state index in [1.165, 1.54) is 0 Å². The number of hydrogen-bond donors (Lipinski definition) is 1. The van der Waals surface area contributed by atoms with Crippen molar-refractivity contribution in [2.75, 3.05) is 0 Å². The van der Waals surface area contributed by atoms with Gasteiger partial charge in [-0.2, -0.15) is 5.10 Å². The fourth-order valence-corrected chi connectivity index (χ4v) is 2.71. The number of fused-ring (bicyclic) bond motifs is 1. The molecule has 4 heteroatoms. The Morgan fingerprint density at radius 1 is 0.840 bits per heavy atom. The normalized spacial score (nSPS) is 11.2. The van der Waals surface area contributed by atoms with Crippen molar-refractivity contribution < 1.29 is 4.74 Å². The van der Waals surface area contributed by atoms with Crippen molar-refractivity contribution >= 4 is 34.7 Å². The topological polar surface area (TPSA) is 37.9 Å². The first-order chi connectivity index (χ1) is 12.3. The number of benzene rings is 3. The van der Waals surface area contributed by atoms with E-state index in [0.717, 1.165) is 38.7 Å². The van der Waals surface area contributed by atoms with Crippen LogP contribution < -0.4 is 4.74 Å². The van der Waals surface area contributed by atoms with Crippen molar-refractivity contribution in [3.8, 4) is 11.5 Å². The summed E-state index contributed by atoms with van der Waals surface area (Å²) >= 11 is 5.91. The van der Waals surface area contributed by atoms with Gasteiger partial charge in [0.15, 0.2) is 0 Å². The molecular formula is C21H15ClN2O. The van der Waals surface area contributed by atoms with Gasteiger partial charge in [-0.05, 0) is 48.0 Å². The molecule has 0 saturated carbocycles. The predicted octanol–water partition coefficient (Wildman–Crippen LogP) is 6.18. The van der Waals surface area contributed by atoms with Gasteiger partial charge in [0.1, 0.15) is 11.5 Å². The highest BCUT2D eigenvalue weighted by Crippen LogP contribution is 2.26. The van der Waals surface area contributed by atoms with Crippen LogP contribution in [-0.2, 0) is 0 Å². The molecule has 25 heavy (non-hydrogen) atoms. The van der Waals surface area contributed by atoms with Crippen LogP contribution in [0.25, 0.3) is 23.1 Å². The van der Waals surface area contributed by atoms with E-state index < -0.39 is 0 Å². The Morgan fingerprint density at radius 2 is 1.64 bits per heavy atom. The molecule has 0 fully saturated rings. The lowest BCUT2D eigenvalue weighted by atomic mass is 10.1. The molecule has 0 spiro atoms. The van der Waals surface area contributed by atoms with Crippen LogP contribution in [0, 0.1) is 0 Å². The number of nitrogens with zero attached hydrogens (tertiary/aromatic N) is 1. The highest BCUT2D eigenvalue weighted by molar-refractivity contribution is 6.30. The van der Waals surface area contributed by atoms with Gasteiger partial charge < -0.3 is 4.74 Å². The molecule has 0 saturated heterocycles. The molecule has 4 rings (SSSR count). The van der Waals surface area contributed by atoms with Crippen LogP contribution in [0.5, 0.6) is 11.5 Å². The van der Waals surface area contributed by atoms with Crippen LogP contribution in [0.2, 0.25) is 5.02 Å². The quantitative estimate of drug-likeness (QED) is 0.479. The fourth-order valence-electron chi connectivity index (χ4n) is 2.58. The number of ether oxygens (including phenoxy) is 1. The molecule has 0 aliphatic heterocycles. The van der Waals surface area contributed by atoms with E-state index in [9.17, 15) is 0 Å². The molecule has 1 aromatic heterocycles. The second-order valence-corrected chi connectivity index (χ2v) is 6.05. The molecule has 0 radical (unpaired) electrons. The third kappa shape index (κ3) is 3.57. The Bertz CT molecular complexity index is 1020. The molecule has 1 heterocycles. The second kappa shape index (κ2) is 6.83. The molecule has 0 amide bonds. The van der Waals surface area contributed by atoms with Crippen molar-refractivity contribution in [3.05, 3.63) is 89.1 Å². The van der Waals surface area contributed by atoms with Gasteiger partial charge in [-0.25, -0.2) is 0 Å². The number of nitrogens with one attached hydrogen (secondary N) is 1. The smallest absolute Gasteiger partial charge is 0.129 e. The summed E-state index contributed by atoms with van der Waals surface area (Å²) in [4.78, 5) is 0. The Labute approximate surface area is 150 Å². The standard InChI is InChI=1S/C21H15ClN2O/c22-16-9-6-15(7-10-16)8-13-20-19-12-11-18(14-21(19)24-23-20)25-17-4-2-1-3-5-17/h1-14H,(H,23,24). The summed E-state index contributed by atoms with van der Waals surface area (Å²) in [6.07, 6.45) is 4.00. The Morgan fingerprint density at radius 3 is 2.44 bits per heavy atom. The van der Waals surface area contributed by atoms with Crippen molar-refractivity contribution in [1.82, 2.24) is 10.2 Å². The van der Waals surface area contributed by atoms with Gasteiger partial charge in [0.2, 0.25) is 0 Å². The van der Waals surface area contributed by atoms with Crippen molar-refractivity contribution in [2.24, 2.45) is 0 Å². The van der Waals surface area contributed by atoms with Crippen molar-refractivity contribution in [3.63, 3.8) is 0 Å². The lowest BCUT2D eigenvalue weighted by Crippen LogP contribution is -1.83. The van der Waals surface area contributed by atoms with E-state index in [0.29, 0.717) is 0 Å². The van der Waals surface area contributed by atoms with E-state index in [4.69, 9.17) is 16.3 Å². The van der Waals surface area contributed by atoms with Gasteiger partial charge in [-0.15, -0.1) is 0 Å². The van der Waals surface area contributed by atoms with Gasteiger partial charge >= 0.3 is 0 Å². The van der Waals surface area contributed by atoms with Gasteiger partial charge in [0.25, 0.3) is 0 Å². The summed E-state index contributed by atoms with van der Waals surface area (Å²) < 4.78 is 5.86. The lowest BCUT2D eigenvalue weighted by molar-refractivity contribution is 0.483. The van der Waals surface area contributed by atoms with Crippen LogP contribution in [-0.4, -0.2) is 10.2 Å². The zero-order valence-electron chi connectivity index (χ0n) is 13.3. The zero-order chi connectivity index (χ0) is 17.1. The summed E-state index contributed by atoms with van der Waals surface area (Å²) in [5.74, 6) is 1.58. The third-order valence-corrected chi connectivity index (χ3v) is 4.10. The number of halogens is 1. The van der Waals surface area contributed by atoms with Gasteiger partial charge in [-0.1, -0.05) is 48.0 Å². The summed E-state index contributed by atoms with van der Waals surface area (Å²) in [6.45, 7) is 0. The maximum absolute atomic E-state index is 5.91. The minimum atomic E-state index is 0.730. The van der Waals surface area contributed by atoms with E-state index in [2.05, 4.69) is 10.2 Å². The molecule has 0 bridgehead atoms. The minimum absolute atomic E-state index is 0.730. The number of hydrogen-bond acceptors (Lipinski definition) is 2. The molecular weight excluding hydrogens is 332 g/mol. The van der Waals surface area contributed by atoms with Crippen LogP contribution in [0.15, 0.2) is 72.8 Å². The highest BCUT2D eigenvalue weighted by atomic mass is 35.5. The molecule has 3 aromatic carbocycles. The van der Waals surface area contributed by atoms with Crippen LogP contribution in [0.1, 0.15) is 11.3 Å². The molecule has 0 unspecified atom stereocenters. The number of rotatable bonds is 4. The molecule has 0 aliphatic rings. The van der Waals surface area contributed by atoms with E-state index in [-0.39, 0.29) is 0 Å². The van der Waals surface area contributed by atoms with Gasteiger partial charge in [0, 0.05) is 16.5 Å². The summed E-state index contributed by atoms with van der Waals surface area (Å²) in [6, 6.07) is 23.3. The number of para-hydroxylation sites is 1. The van der Waals surface area contributed by atoms with Crippen molar-refractivity contribution in [1.29, 1.82) is 0 Å². The molecule has 1 N–H and O–H groups in total. The van der Waals surface area contributed by atoms with Gasteiger partial charge in [-0.3, -0.25) is 5.10 Å². The first kappa shape index (κ1) is 15.5. The van der Waals surface area contributed by atoms with Crippen LogP contribution in [0.4, 0.5) is 0 Å². The monoisotopic (exact) mass is 346 g/mol. The van der Waals surface area contributed by atoms with Crippen LogP contribution >= 0.6 is 11.6 Å². The van der Waals surface area contributed by atoms with E-state index >= 15 is 0 Å². The Balaban J connectivity index is 1.58. The first-order valence-corrected chi connectivity index (χ1v) is 8.30. The van der Waals surface area contributed by atoms with Gasteiger partial charge in [0.05, 0.1) is 11.2 Å². The number of aromatic nitrogens is 2. The first-order valence-electron chi connectivity index (χ1n) is 7.93. The lowest BCUT2D eigenvalue weighted by Gasteiger charge is -2.05. The number of aromatic amines is 1. The van der Waals surface area contributed by atoms with E-state index in [1.54, 1.807) is 0 Å². The summed E-state index contributed by atoms with van der Waals surface area (Å²) in [7, 11) is 0. The zero-order valence-corrected chi connectivity index (χ0v) is 14.1. The predicted molar refractivity (Wildman–Crippen MR) is 103 cm³/mol. The molecule has 4 aromatic rings. The Hall–Kier alpha value is -3.04. The molecule has 122 valence electrons. The summed E-state index contributed by atoms with van der Waals surface area (Å²) in [5.41, 5.74) is 2.89. The van der Waals surface area contributed by atoms with Crippen LogP contribution in [0.3, 0.4) is 0 Å². The summed E-state index contributed by atoms with van der Waals surface area (Å²) in [5, 5.41) is 9.22. The Kier molecular flexibility index (Phi) is 4.23. The third-order valence-electron chi connectivity index (χ3n) is 3.85. The largest absolute Gasteiger partial charge is 0.457 e. The average molecular weight is 347 g/mol. The SMILES string of the molecule is Clc1ccc(C=Cc2n[nH]c3cc(Oc4ccccc4)ccc23)cc1. The molecule has 0 aliphatic carbocycles. The molecule has 0 atom stereocenters.